The number of aromatic nitrogens is 3. The van der Waals surface area contributed by atoms with Crippen molar-refractivity contribution in [2.75, 3.05) is 5.32 Å². The molecule has 0 atom stereocenters. The zero-order valence-electron chi connectivity index (χ0n) is 9.95. The van der Waals surface area contributed by atoms with E-state index in [9.17, 15) is 0 Å². The van der Waals surface area contributed by atoms with Crippen LogP contribution in [0.4, 0.5) is 5.69 Å². The van der Waals surface area contributed by atoms with Crippen LogP contribution in [-0.4, -0.2) is 14.8 Å². The van der Waals surface area contributed by atoms with Crippen LogP contribution in [0.3, 0.4) is 0 Å². The summed E-state index contributed by atoms with van der Waals surface area (Å²) in [6, 6.07) is 7.61. The Balaban J connectivity index is 1.75. The van der Waals surface area contributed by atoms with Gasteiger partial charge in [-0.05, 0) is 12.1 Å². The van der Waals surface area contributed by atoms with Crippen LogP contribution < -0.4 is 5.32 Å². The van der Waals surface area contributed by atoms with Gasteiger partial charge in [0.25, 0.3) is 0 Å². The maximum absolute atomic E-state index is 6.14. The van der Waals surface area contributed by atoms with Crippen molar-refractivity contribution in [3.8, 4) is 5.69 Å². The number of hydrogen-bond donors (Lipinski definition) is 1. The fourth-order valence-electron chi connectivity index (χ4n) is 1.70. The molecule has 1 aromatic carbocycles. The molecule has 0 aliphatic rings. The molecule has 3 aromatic rings. The van der Waals surface area contributed by atoms with Gasteiger partial charge >= 0.3 is 0 Å². The minimum atomic E-state index is 0.677. The molecular weight excluding hydrogens is 280 g/mol. The number of benzene rings is 1. The van der Waals surface area contributed by atoms with Crippen molar-refractivity contribution in [1.82, 2.24) is 14.8 Å². The van der Waals surface area contributed by atoms with Gasteiger partial charge in [-0.25, -0.2) is 9.67 Å². The van der Waals surface area contributed by atoms with Crippen LogP contribution in [0.2, 0.25) is 5.02 Å². The number of para-hydroxylation sites is 1. The lowest BCUT2D eigenvalue weighted by molar-refractivity contribution is 0.881. The third kappa shape index (κ3) is 2.77. The minimum absolute atomic E-state index is 0.677. The monoisotopic (exact) mass is 290 g/mol. The van der Waals surface area contributed by atoms with Gasteiger partial charge in [0.1, 0.15) is 0 Å². The van der Waals surface area contributed by atoms with Crippen molar-refractivity contribution in [3.63, 3.8) is 0 Å². The molecule has 2 aromatic heterocycles. The van der Waals surface area contributed by atoms with Gasteiger partial charge in [-0.15, -0.1) is 11.3 Å². The Bertz CT molecular complexity index is 663. The van der Waals surface area contributed by atoms with Crippen LogP contribution in [0.25, 0.3) is 5.69 Å². The molecule has 0 saturated heterocycles. The Labute approximate surface area is 119 Å². The first-order valence-corrected chi connectivity index (χ1v) is 7.05. The molecule has 0 radical (unpaired) electrons. The van der Waals surface area contributed by atoms with Crippen LogP contribution >= 0.6 is 22.9 Å². The van der Waals surface area contributed by atoms with Crippen LogP contribution in [-0.2, 0) is 6.54 Å². The Morgan fingerprint density at radius 1 is 1.32 bits per heavy atom. The highest BCUT2D eigenvalue weighted by Gasteiger charge is 2.04. The molecule has 1 N–H and O–H groups in total. The van der Waals surface area contributed by atoms with Crippen molar-refractivity contribution in [2.24, 2.45) is 0 Å². The molecule has 4 nitrogen and oxygen atoms in total. The van der Waals surface area contributed by atoms with E-state index in [-0.39, 0.29) is 0 Å². The fraction of sp³-hybridized carbons (Fsp3) is 0.0769. The van der Waals surface area contributed by atoms with Crippen molar-refractivity contribution >= 4 is 28.6 Å². The Morgan fingerprint density at radius 2 is 2.21 bits per heavy atom. The molecule has 19 heavy (non-hydrogen) atoms. The van der Waals surface area contributed by atoms with Gasteiger partial charge in [-0.2, -0.15) is 5.10 Å². The normalized spacial score (nSPS) is 10.6. The quantitative estimate of drug-likeness (QED) is 0.798. The predicted molar refractivity (Wildman–Crippen MR) is 78.0 cm³/mol. The fourth-order valence-corrected chi connectivity index (χ4v) is 2.48. The summed E-state index contributed by atoms with van der Waals surface area (Å²) in [5, 5.41) is 10.3. The van der Waals surface area contributed by atoms with Gasteiger partial charge in [-0.3, -0.25) is 0 Å². The number of anilines is 1. The summed E-state index contributed by atoms with van der Waals surface area (Å²) in [4.78, 5) is 4.22. The number of rotatable bonds is 4. The molecule has 0 bridgehead atoms. The maximum atomic E-state index is 6.14. The van der Waals surface area contributed by atoms with E-state index >= 15 is 0 Å². The SMILES string of the molecule is Clc1ccccc1-n1cc(NCc2cscn2)cn1. The van der Waals surface area contributed by atoms with E-state index in [0.717, 1.165) is 17.1 Å². The van der Waals surface area contributed by atoms with Crippen molar-refractivity contribution in [3.05, 3.63) is 58.3 Å². The van der Waals surface area contributed by atoms with E-state index in [1.807, 2.05) is 41.4 Å². The van der Waals surface area contributed by atoms with Gasteiger partial charge < -0.3 is 5.32 Å². The first-order chi connectivity index (χ1) is 9.33. The zero-order valence-corrected chi connectivity index (χ0v) is 11.5. The molecule has 6 heteroatoms. The summed E-state index contributed by atoms with van der Waals surface area (Å²) >= 11 is 7.73. The number of nitrogens with one attached hydrogen (secondary N) is 1. The lowest BCUT2D eigenvalue weighted by Crippen LogP contribution is -1.98. The average Bonchev–Trinajstić information content (AvgIpc) is 3.08. The van der Waals surface area contributed by atoms with Gasteiger partial charge in [0.2, 0.25) is 0 Å². The number of hydrogen-bond acceptors (Lipinski definition) is 4. The van der Waals surface area contributed by atoms with Crippen molar-refractivity contribution < 1.29 is 0 Å². The lowest BCUT2D eigenvalue weighted by Gasteiger charge is -2.03. The average molecular weight is 291 g/mol. The second-order valence-corrected chi connectivity index (χ2v) is 5.08. The van der Waals surface area contributed by atoms with Crippen molar-refractivity contribution in [1.29, 1.82) is 0 Å². The highest BCUT2D eigenvalue weighted by Crippen LogP contribution is 2.20. The number of halogens is 1. The molecule has 0 fully saturated rings. The van der Waals surface area contributed by atoms with Crippen LogP contribution in [0.5, 0.6) is 0 Å². The summed E-state index contributed by atoms with van der Waals surface area (Å²) in [6.07, 6.45) is 3.68. The zero-order chi connectivity index (χ0) is 13.1. The van der Waals surface area contributed by atoms with Crippen molar-refractivity contribution in [2.45, 2.75) is 6.54 Å². The van der Waals surface area contributed by atoms with Gasteiger partial charge in [-0.1, -0.05) is 23.7 Å². The van der Waals surface area contributed by atoms with Gasteiger partial charge in [0, 0.05) is 5.38 Å². The lowest BCUT2D eigenvalue weighted by atomic mass is 10.3. The summed E-state index contributed by atoms with van der Waals surface area (Å²) in [6.45, 7) is 0.692. The van der Waals surface area contributed by atoms with Crippen LogP contribution in [0, 0.1) is 0 Å². The molecule has 3 rings (SSSR count). The Hall–Kier alpha value is -1.85. The molecule has 0 saturated carbocycles. The highest BCUT2D eigenvalue weighted by molar-refractivity contribution is 7.07. The highest BCUT2D eigenvalue weighted by atomic mass is 35.5. The molecule has 0 unspecified atom stereocenters. The third-order valence-corrected chi connectivity index (χ3v) is 3.59. The summed E-state index contributed by atoms with van der Waals surface area (Å²) in [5.41, 5.74) is 4.65. The molecular formula is C13H11ClN4S. The Morgan fingerprint density at radius 3 is 3.00 bits per heavy atom. The van der Waals surface area contributed by atoms with E-state index in [1.165, 1.54) is 0 Å². The van der Waals surface area contributed by atoms with Crippen LogP contribution in [0.1, 0.15) is 5.69 Å². The summed E-state index contributed by atoms with van der Waals surface area (Å²) < 4.78 is 1.76. The molecule has 0 aliphatic heterocycles. The summed E-state index contributed by atoms with van der Waals surface area (Å²) in [5.74, 6) is 0. The topological polar surface area (TPSA) is 42.7 Å². The second-order valence-electron chi connectivity index (χ2n) is 3.96. The largest absolute Gasteiger partial charge is 0.377 e. The van der Waals surface area contributed by atoms with E-state index in [1.54, 1.807) is 22.2 Å². The molecule has 0 amide bonds. The summed E-state index contributed by atoms with van der Waals surface area (Å²) in [7, 11) is 0. The van der Waals surface area contributed by atoms with Gasteiger partial charge in [0.15, 0.2) is 0 Å². The first-order valence-electron chi connectivity index (χ1n) is 5.73. The smallest absolute Gasteiger partial charge is 0.0832 e. The predicted octanol–water partition coefficient (Wildman–Crippen LogP) is 3.59. The number of nitrogens with zero attached hydrogens (tertiary/aromatic N) is 3. The minimum Gasteiger partial charge on any atom is -0.377 e. The second kappa shape index (κ2) is 5.42. The maximum Gasteiger partial charge on any atom is 0.0832 e. The standard InChI is InChI=1S/C13H11ClN4S/c14-12-3-1-2-4-13(12)18-7-10(6-17-18)15-5-11-8-19-9-16-11/h1-4,6-9,15H,5H2. The van der Waals surface area contributed by atoms with Gasteiger partial charge in [0.05, 0.1) is 46.5 Å². The van der Waals surface area contributed by atoms with E-state index < -0.39 is 0 Å². The first kappa shape index (κ1) is 12.2. The van der Waals surface area contributed by atoms with E-state index in [0.29, 0.717) is 11.6 Å². The Kier molecular flexibility index (Phi) is 3.48. The van der Waals surface area contributed by atoms with Crippen LogP contribution in [0.15, 0.2) is 47.5 Å². The molecule has 0 spiro atoms. The number of thiazole rings is 1. The molecule has 0 aliphatic carbocycles. The molecule has 96 valence electrons. The van der Waals surface area contributed by atoms with E-state index in [4.69, 9.17) is 11.6 Å². The molecule has 2 heterocycles. The third-order valence-electron chi connectivity index (χ3n) is 2.64. The van der Waals surface area contributed by atoms with E-state index in [2.05, 4.69) is 15.4 Å².